The second-order valence-corrected chi connectivity index (χ2v) is 9.49. The van der Waals surface area contributed by atoms with Crippen molar-refractivity contribution in [2.75, 3.05) is 37.8 Å². The summed E-state index contributed by atoms with van der Waals surface area (Å²) in [6.45, 7) is 1.77. The van der Waals surface area contributed by atoms with Gasteiger partial charge in [-0.05, 0) is 65.8 Å². The first-order valence-electron chi connectivity index (χ1n) is 10.8. The van der Waals surface area contributed by atoms with Crippen LogP contribution in [0.5, 0.6) is 0 Å². The smallest absolute Gasteiger partial charge is 0.193 e. The largest absolute Gasteiger partial charge is 0.385 e. The van der Waals surface area contributed by atoms with Gasteiger partial charge in [0.1, 0.15) is 0 Å². The average molecular weight is 481 g/mol. The fraction of sp³-hybridized carbons (Fsp3) is 0.304. The van der Waals surface area contributed by atoms with E-state index in [1.165, 1.54) is 0 Å². The van der Waals surface area contributed by atoms with Crippen LogP contribution in [0.2, 0.25) is 0 Å². The molecule has 8 nitrogen and oxygen atoms in total. The maximum Gasteiger partial charge on any atom is 0.193 e. The molecule has 2 heterocycles. The molecule has 2 aromatic carbocycles. The fourth-order valence-corrected chi connectivity index (χ4v) is 4.57. The zero-order chi connectivity index (χ0) is 22.9. The number of hydrogen-bond acceptors (Lipinski definition) is 10. The Balaban J connectivity index is 1.13. The summed E-state index contributed by atoms with van der Waals surface area (Å²) in [5.74, 6) is 0. The SMILES string of the molecule is CN1C=CSC1N=Nc1ccc(NCCCNc2ccc(N=NC3SC=CN3C)cc2)cc1. The molecular formula is C23H28N8S2. The molecule has 4 rings (SSSR count). The van der Waals surface area contributed by atoms with E-state index in [4.69, 9.17) is 0 Å². The van der Waals surface area contributed by atoms with Crippen LogP contribution in [-0.2, 0) is 0 Å². The van der Waals surface area contributed by atoms with Gasteiger partial charge in [-0.25, -0.2) is 0 Å². The van der Waals surface area contributed by atoms with Crippen molar-refractivity contribution in [2.45, 2.75) is 17.4 Å². The molecule has 2 aromatic rings. The molecule has 10 heteroatoms. The van der Waals surface area contributed by atoms with E-state index in [0.29, 0.717) is 0 Å². The van der Waals surface area contributed by atoms with Crippen molar-refractivity contribution in [3.05, 3.63) is 71.7 Å². The number of rotatable bonds is 10. The minimum absolute atomic E-state index is 0.0338. The maximum atomic E-state index is 4.36. The zero-order valence-electron chi connectivity index (χ0n) is 18.7. The Labute approximate surface area is 203 Å². The average Bonchev–Trinajstić information content (AvgIpc) is 3.45. The van der Waals surface area contributed by atoms with Gasteiger partial charge in [-0.3, -0.25) is 0 Å². The Morgan fingerprint density at radius 2 is 1.12 bits per heavy atom. The molecule has 2 N–H and O–H groups in total. The first kappa shape index (κ1) is 23.2. The molecular weight excluding hydrogens is 452 g/mol. The van der Waals surface area contributed by atoms with Gasteiger partial charge in [-0.2, -0.15) is 20.5 Å². The molecule has 2 aliphatic rings. The van der Waals surface area contributed by atoms with Crippen molar-refractivity contribution in [3.8, 4) is 0 Å². The molecule has 172 valence electrons. The molecule has 2 unspecified atom stereocenters. The Morgan fingerprint density at radius 1 is 0.697 bits per heavy atom. The number of anilines is 2. The Morgan fingerprint density at radius 3 is 1.48 bits per heavy atom. The van der Waals surface area contributed by atoms with Crippen molar-refractivity contribution >= 4 is 46.3 Å². The van der Waals surface area contributed by atoms with Crippen molar-refractivity contribution in [3.63, 3.8) is 0 Å². The Hall–Kier alpha value is -2.98. The van der Waals surface area contributed by atoms with Gasteiger partial charge in [0, 0.05) is 51.0 Å². The molecule has 0 aromatic heterocycles. The molecule has 2 atom stereocenters. The van der Waals surface area contributed by atoms with Crippen LogP contribution in [0, 0.1) is 0 Å². The van der Waals surface area contributed by atoms with Gasteiger partial charge >= 0.3 is 0 Å². The van der Waals surface area contributed by atoms with E-state index in [1.54, 1.807) is 23.5 Å². The molecule has 0 amide bonds. The van der Waals surface area contributed by atoms with Gasteiger partial charge in [0.15, 0.2) is 11.0 Å². The second kappa shape index (κ2) is 11.8. The molecule has 0 aliphatic carbocycles. The van der Waals surface area contributed by atoms with Gasteiger partial charge in [0.2, 0.25) is 0 Å². The minimum Gasteiger partial charge on any atom is -0.385 e. The quantitative estimate of drug-likeness (QED) is 0.293. The first-order chi connectivity index (χ1) is 16.2. The van der Waals surface area contributed by atoms with Crippen LogP contribution in [0.4, 0.5) is 22.7 Å². The number of benzene rings is 2. The zero-order valence-corrected chi connectivity index (χ0v) is 20.3. The number of nitrogens with zero attached hydrogens (tertiary/aromatic N) is 6. The van der Waals surface area contributed by atoms with Crippen LogP contribution >= 0.6 is 23.5 Å². The number of thioether (sulfide) groups is 2. The lowest BCUT2D eigenvalue weighted by Crippen LogP contribution is -2.16. The van der Waals surface area contributed by atoms with E-state index in [9.17, 15) is 0 Å². The highest BCUT2D eigenvalue weighted by Gasteiger charge is 2.15. The van der Waals surface area contributed by atoms with Crippen LogP contribution < -0.4 is 10.6 Å². The van der Waals surface area contributed by atoms with E-state index in [0.717, 1.165) is 42.3 Å². The van der Waals surface area contributed by atoms with Crippen molar-refractivity contribution in [1.82, 2.24) is 9.80 Å². The van der Waals surface area contributed by atoms with E-state index in [1.807, 2.05) is 95.6 Å². The van der Waals surface area contributed by atoms with Crippen LogP contribution in [-0.4, -0.2) is 48.0 Å². The van der Waals surface area contributed by atoms with E-state index >= 15 is 0 Å². The van der Waals surface area contributed by atoms with Gasteiger partial charge < -0.3 is 20.4 Å². The third kappa shape index (κ3) is 7.00. The molecule has 0 radical (unpaired) electrons. The predicted octanol–water partition coefficient (Wildman–Crippen LogP) is 6.63. The van der Waals surface area contributed by atoms with Gasteiger partial charge in [-0.1, -0.05) is 23.5 Å². The lowest BCUT2D eigenvalue weighted by Gasteiger charge is -2.13. The lowest BCUT2D eigenvalue weighted by atomic mass is 10.2. The number of hydrogen-bond donors (Lipinski definition) is 2. The summed E-state index contributed by atoms with van der Waals surface area (Å²) in [5.41, 5.74) is 3.95. The third-order valence-electron chi connectivity index (χ3n) is 4.98. The third-order valence-corrected chi connectivity index (χ3v) is 6.88. The highest BCUT2D eigenvalue weighted by atomic mass is 32.2. The molecule has 0 spiro atoms. The monoisotopic (exact) mass is 480 g/mol. The summed E-state index contributed by atoms with van der Waals surface area (Å²) in [7, 11) is 3.99. The maximum absolute atomic E-state index is 4.36. The molecule has 0 bridgehead atoms. The molecule has 33 heavy (non-hydrogen) atoms. The standard InChI is InChI=1S/C23H28N8S2/c1-30-14-16-32-22(30)28-26-20-8-4-18(5-9-20)24-12-3-13-25-19-6-10-21(11-7-19)27-29-23-31(2)15-17-33-23/h4-11,14-17,22-25H,3,12-13H2,1-2H3. The van der Waals surface area contributed by atoms with Gasteiger partial charge in [0.05, 0.1) is 11.4 Å². The van der Waals surface area contributed by atoms with Crippen molar-refractivity contribution in [2.24, 2.45) is 20.5 Å². The van der Waals surface area contributed by atoms with Crippen LogP contribution in [0.3, 0.4) is 0 Å². The molecule has 2 aliphatic heterocycles. The van der Waals surface area contributed by atoms with E-state index < -0.39 is 0 Å². The molecule has 0 saturated carbocycles. The van der Waals surface area contributed by atoms with Crippen LogP contribution in [0.1, 0.15) is 6.42 Å². The highest BCUT2D eigenvalue weighted by Crippen LogP contribution is 2.27. The van der Waals surface area contributed by atoms with Gasteiger partial charge in [-0.15, -0.1) is 0 Å². The Bertz CT molecular complexity index is 923. The van der Waals surface area contributed by atoms with Gasteiger partial charge in [0.25, 0.3) is 0 Å². The summed E-state index contributed by atoms with van der Waals surface area (Å²) in [5, 5.41) is 28.3. The van der Waals surface area contributed by atoms with E-state index in [-0.39, 0.29) is 11.0 Å². The summed E-state index contributed by atoms with van der Waals surface area (Å²) >= 11 is 3.30. The van der Waals surface area contributed by atoms with E-state index in [2.05, 4.69) is 31.1 Å². The van der Waals surface area contributed by atoms with Crippen molar-refractivity contribution in [1.29, 1.82) is 0 Å². The van der Waals surface area contributed by atoms with Crippen LogP contribution in [0.15, 0.2) is 92.2 Å². The first-order valence-corrected chi connectivity index (χ1v) is 12.6. The predicted molar refractivity (Wildman–Crippen MR) is 140 cm³/mol. The summed E-state index contributed by atoms with van der Waals surface area (Å²) < 4.78 is 0. The normalized spacial score (nSPS) is 19.9. The van der Waals surface area contributed by atoms with Crippen LogP contribution in [0.25, 0.3) is 0 Å². The molecule has 0 saturated heterocycles. The second-order valence-electron chi connectivity index (χ2n) is 7.56. The summed E-state index contributed by atoms with van der Waals surface area (Å²) in [6.07, 6.45) is 5.01. The number of nitrogens with one attached hydrogen (secondary N) is 2. The summed E-state index contributed by atoms with van der Waals surface area (Å²) in [6, 6.07) is 16.1. The minimum atomic E-state index is 0.0338. The highest BCUT2D eigenvalue weighted by molar-refractivity contribution is 8.03. The van der Waals surface area contributed by atoms with Crippen molar-refractivity contribution < 1.29 is 0 Å². The fourth-order valence-electron chi connectivity index (χ4n) is 3.04. The topological polar surface area (TPSA) is 80.0 Å². The lowest BCUT2D eigenvalue weighted by molar-refractivity contribution is 0.437. The number of azo groups is 2. The molecule has 0 fully saturated rings. The summed E-state index contributed by atoms with van der Waals surface area (Å²) in [4.78, 5) is 4.07. The Kier molecular flexibility index (Phi) is 8.26.